The van der Waals surface area contributed by atoms with E-state index in [0.717, 1.165) is 29.7 Å². The van der Waals surface area contributed by atoms with E-state index in [0.29, 0.717) is 10.6 Å². The molecular weight excluding hydrogens is 304 g/mol. The van der Waals surface area contributed by atoms with Gasteiger partial charge in [0.05, 0.1) is 6.61 Å². The fourth-order valence-electron chi connectivity index (χ4n) is 2.37. The maximum absolute atomic E-state index is 12.2. The second-order valence-corrected chi connectivity index (χ2v) is 6.03. The number of allylic oxidation sites excluding steroid dienone is 2. The number of aliphatic hydroxyl groups is 1. The monoisotopic (exact) mass is 322 g/mol. The Labute approximate surface area is 132 Å². The van der Waals surface area contributed by atoms with Gasteiger partial charge in [0, 0.05) is 11.8 Å². The lowest BCUT2D eigenvalue weighted by atomic mass is 10.1. The van der Waals surface area contributed by atoms with Gasteiger partial charge in [0.2, 0.25) is 0 Å². The number of thiophene rings is 1. The summed E-state index contributed by atoms with van der Waals surface area (Å²) in [6, 6.07) is 0. The highest BCUT2D eigenvalue weighted by Crippen LogP contribution is 2.41. The van der Waals surface area contributed by atoms with Gasteiger partial charge >= 0.3 is 5.97 Å². The third kappa shape index (κ3) is 3.24. The first kappa shape index (κ1) is 16.4. The molecule has 0 fully saturated rings. The standard InChI is InChI=1S/C15H18N2O4S/c1-4-21-15(20)12-10-6-5-7-11(10)22-14(12)17-16-13(8(2)18)9(3)19/h18H,4-7H2,1-3H3/b13-8+,17-16?. The number of carbonyl (C=O) groups excluding carboxylic acids is 2. The number of rotatable bonds is 5. The fraction of sp³-hybridized carbons (Fsp3) is 0.467. The number of nitrogens with zero attached hydrogens (tertiary/aromatic N) is 2. The lowest BCUT2D eigenvalue weighted by molar-refractivity contribution is -0.113. The molecule has 7 heteroatoms. The van der Waals surface area contributed by atoms with Crippen LogP contribution in [0.5, 0.6) is 0 Å². The van der Waals surface area contributed by atoms with Crippen molar-refractivity contribution in [3.8, 4) is 0 Å². The van der Waals surface area contributed by atoms with Gasteiger partial charge in [-0.15, -0.1) is 21.6 Å². The van der Waals surface area contributed by atoms with Crippen LogP contribution in [0.25, 0.3) is 0 Å². The molecule has 0 unspecified atom stereocenters. The van der Waals surface area contributed by atoms with Crippen molar-refractivity contribution in [1.29, 1.82) is 0 Å². The number of hydrogen-bond acceptors (Lipinski definition) is 7. The van der Waals surface area contributed by atoms with Crippen molar-refractivity contribution < 1.29 is 19.4 Å². The Balaban J connectivity index is 2.42. The number of aryl methyl sites for hydroxylation is 1. The van der Waals surface area contributed by atoms with E-state index in [2.05, 4.69) is 10.2 Å². The summed E-state index contributed by atoms with van der Waals surface area (Å²) in [5.74, 6) is -0.992. The summed E-state index contributed by atoms with van der Waals surface area (Å²) in [5.41, 5.74) is 1.32. The average Bonchev–Trinajstić information content (AvgIpc) is 2.98. The van der Waals surface area contributed by atoms with E-state index in [-0.39, 0.29) is 23.8 Å². The first-order chi connectivity index (χ1) is 10.5. The molecule has 1 N–H and O–H groups in total. The molecule has 0 saturated heterocycles. The maximum Gasteiger partial charge on any atom is 0.341 e. The molecule has 6 nitrogen and oxygen atoms in total. The average molecular weight is 322 g/mol. The van der Waals surface area contributed by atoms with Crippen molar-refractivity contribution in [1.82, 2.24) is 0 Å². The molecule has 0 aliphatic heterocycles. The van der Waals surface area contributed by atoms with E-state index in [9.17, 15) is 14.7 Å². The van der Waals surface area contributed by atoms with Crippen molar-refractivity contribution in [3.63, 3.8) is 0 Å². The molecule has 1 aromatic heterocycles. The van der Waals surface area contributed by atoms with Crippen LogP contribution in [0.4, 0.5) is 5.00 Å². The first-order valence-electron chi connectivity index (χ1n) is 7.09. The Bertz CT molecular complexity index is 669. The predicted octanol–water partition coefficient (Wildman–Crippen LogP) is 3.88. The summed E-state index contributed by atoms with van der Waals surface area (Å²) in [6.07, 6.45) is 2.75. The lowest BCUT2D eigenvalue weighted by Crippen LogP contribution is -2.06. The van der Waals surface area contributed by atoms with Crippen LogP contribution >= 0.6 is 11.3 Å². The van der Waals surface area contributed by atoms with Gasteiger partial charge in [-0.05, 0) is 38.7 Å². The predicted molar refractivity (Wildman–Crippen MR) is 82.8 cm³/mol. The van der Waals surface area contributed by atoms with Crippen molar-refractivity contribution >= 4 is 28.1 Å². The number of Topliss-reactive ketones (excluding diaryl/α,β-unsaturated/α-hetero) is 1. The highest BCUT2D eigenvalue weighted by molar-refractivity contribution is 7.16. The number of ether oxygens (including phenoxy) is 1. The van der Waals surface area contributed by atoms with E-state index in [1.54, 1.807) is 6.92 Å². The molecule has 0 aromatic carbocycles. The van der Waals surface area contributed by atoms with Gasteiger partial charge in [-0.1, -0.05) is 0 Å². The first-order valence-corrected chi connectivity index (χ1v) is 7.91. The number of aliphatic hydroxyl groups excluding tert-OH is 1. The van der Waals surface area contributed by atoms with Crippen LogP contribution in [-0.4, -0.2) is 23.5 Å². The molecule has 22 heavy (non-hydrogen) atoms. The SMILES string of the molecule is CCOC(=O)c1c(N=N/C(C(C)=O)=C(\C)O)sc2c1CCC2. The number of fused-ring (bicyclic) bond motifs is 1. The van der Waals surface area contributed by atoms with Crippen LogP contribution in [0.2, 0.25) is 0 Å². The largest absolute Gasteiger partial charge is 0.510 e. The second-order valence-electron chi connectivity index (χ2n) is 4.95. The van der Waals surface area contributed by atoms with Crippen LogP contribution in [-0.2, 0) is 22.4 Å². The molecular formula is C15H18N2O4S. The summed E-state index contributed by atoms with van der Waals surface area (Å²) < 4.78 is 5.09. The van der Waals surface area contributed by atoms with E-state index in [4.69, 9.17) is 4.74 Å². The van der Waals surface area contributed by atoms with E-state index in [1.807, 2.05) is 0 Å². The van der Waals surface area contributed by atoms with Crippen molar-refractivity contribution in [2.75, 3.05) is 6.61 Å². The zero-order valence-corrected chi connectivity index (χ0v) is 13.6. The highest BCUT2D eigenvalue weighted by Gasteiger charge is 2.27. The summed E-state index contributed by atoms with van der Waals surface area (Å²) in [5, 5.41) is 17.7. The third-order valence-corrected chi connectivity index (χ3v) is 4.48. The molecule has 0 amide bonds. The molecule has 1 heterocycles. The molecule has 0 bridgehead atoms. The van der Waals surface area contributed by atoms with Crippen LogP contribution in [0.15, 0.2) is 21.7 Å². The molecule has 0 spiro atoms. The summed E-state index contributed by atoms with van der Waals surface area (Å²) in [7, 11) is 0. The van der Waals surface area contributed by atoms with Crippen molar-refractivity contribution in [3.05, 3.63) is 27.5 Å². The van der Waals surface area contributed by atoms with Crippen LogP contribution in [0.1, 0.15) is 48.0 Å². The van der Waals surface area contributed by atoms with Crippen LogP contribution < -0.4 is 0 Å². The molecule has 118 valence electrons. The Morgan fingerprint density at radius 2 is 2.05 bits per heavy atom. The summed E-state index contributed by atoms with van der Waals surface area (Å²) in [6.45, 7) is 4.71. The minimum atomic E-state index is -0.412. The number of carbonyl (C=O) groups is 2. The zero-order chi connectivity index (χ0) is 16.3. The minimum Gasteiger partial charge on any atom is -0.510 e. The van der Waals surface area contributed by atoms with E-state index >= 15 is 0 Å². The number of ketones is 1. The van der Waals surface area contributed by atoms with Crippen LogP contribution in [0, 0.1) is 0 Å². The van der Waals surface area contributed by atoms with Gasteiger partial charge in [0.1, 0.15) is 11.3 Å². The molecule has 1 aromatic rings. The van der Waals surface area contributed by atoms with Crippen molar-refractivity contribution in [2.45, 2.75) is 40.0 Å². The molecule has 0 atom stereocenters. The summed E-state index contributed by atoms with van der Waals surface area (Å²) >= 11 is 1.39. The van der Waals surface area contributed by atoms with E-state index < -0.39 is 5.97 Å². The quantitative estimate of drug-likeness (QED) is 0.386. The Hall–Kier alpha value is -2.02. The van der Waals surface area contributed by atoms with Crippen molar-refractivity contribution in [2.24, 2.45) is 10.2 Å². The fourth-order valence-corrected chi connectivity index (χ4v) is 3.56. The topological polar surface area (TPSA) is 88.3 Å². The third-order valence-electron chi connectivity index (χ3n) is 3.30. The Morgan fingerprint density at radius 1 is 1.32 bits per heavy atom. The molecule has 1 aliphatic carbocycles. The maximum atomic E-state index is 12.2. The minimum absolute atomic E-state index is 0.108. The van der Waals surface area contributed by atoms with Gasteiger partial charge in [0.15, 0.2) is 16.5 Å². The molecule has 1 aliphatic rings. The number of esters is 1. The smallest absolute Gasteiger partial charge is 0.341 e. The second kappa shape index (κ2) is 6.83. The summed E-state index contributed by atoms with van der Waals surface area (Å²) in [4.78, 5) is 24.7. The van der Waals surface area contributed by atoms with Gasteiger partial charge in [-0.2, -0.15) is 0 Å². The molecule has 0 radical (unpaired) electrons. The number of azo groups is 1. The zero-order valence-electron chi connectivity index (χ0n) is 12.8. The highest BCUT2D eigenvalue weighted by atomic mass is 32.1. The molecule has 0 saturated carbocycles. The van der Waals surface area contributed by atoms with Gasteiger partial charge in [-0.3, -0.25) is 4.79 Å². The molecule has 2 rings (SSSR count). The van der Waals surface area contributed by atoms with E-state index in [1.165, 1.54) is 25.2 Å². The lowest BCUT2D eigenvalue weighted by Gasteiger charge is -2.03. The number of hydrogen-bond donors (Lipinski definition) is 1. The Morgan fingerprint density at radius 3 is 2.64 bits per heavy atom. The normalized spacial score (nSPS) is 14.9. The van der Waals surface area contributed by atoms with Crippen LogP contribution in [0.3, 0.4) is 0 Å². The van der Waals surface area contributed by atoms with Gasteiger partial charge in [-0.25, -0.2) is 4.79 Å². The Kier molecular flexibility index (Phi) is 5.07. The van der Waals surface area contributed by atoms with Gasteiger partial charge in [0.25, 0.3) is 0 Å². The van der Waals surface area contributed by atoms with Gasteiger partial charge < -0.3 is 9.84 Å².